The summed E-state index contributed by atoms with van der Waals surface area (Å²) in [4.78, 5) is 13.2. The van der Waals surface area contributed by atoms with Gasteiger partial charge >= 0.3 is 0 Å². The second-order valence-corrected chi connectivity index (χ2v) is 3.73. The summed E-state index contributed by atoms with van der Waals surface area (Å²) in [7, 11) is 4.04. The van der Waals surface area contributed by atoms with Crippen LogP contribution in [-0.4, -0.2) is 41.1 Å². The molecule has 0 unspecified atom stereocenters. The van der Waals surface area contributed by atoms with Crippen molar-refractivity contribution < 1.29 is 4.79 Å². The maximum absolute atomic E-state index is 11.2. The van der Waals surface area contributed by atoms with Crippen molar-refractivity contribution in [3.8, 4) is 0 Å². The Kier molecular flexibility index (Phi) is 3.41. The highest BCUT2D eigenvalue weighted by Gasteiger charge is 2.09. The van der Waals surface area contributed by atoms with Gasteiger partial charge in [0, 0.05) is 12.2 Å². The molecular formula is C10H17N3O. The summed E-state index contributed by atoms with van der Waals surface area (Å²) in [5.41, 5.74) is 1.68. The van der Waals surface area contributed by atoms with Gasteiger partial charge in [-0.25, -0.2) is 0 Å². The number of hydrogen-bond donors (Lipinski definition) is 0. The molecule has 0 saturated carbocycles. The van der Waals surface area contributed by atoms with Crippen molar-refractivity contribution >= 4 is 5.78 Å². The first-order valence-corrected chi connectivity index (χ1v) is 4.70. The maximum atomic E-state index is 11.2. The van der Waals surface area contributed by atoms with E-state index in [4.69, 9.17) is 0 Å². The van der Waals surface area contributed by atoms with E-state index >= 15 is 0 Å². The van der Waals surface area contributed by atoms with Gasteiger partial charge in [0.05, 0.1) is 18.3 Å². The lowest BCUT2D eigenvalue weighted by molar-refractivity contribution is 0.101. The number of ketones is 1. The fourth-order valence-electron chi connectivity index (χ4n) is 1.31. The molecule has 0 radical (unpaired) electrons. The van der Waals surface area contributed by atoms with Crippen LogP contribution in [0.3, 0.4) is 0 Å². The van der Waals surface area contributed by atoms with E-state index in [9.17, 15) is 4.79 Å². The molecule has 1 aromatic heterocycles. The lowest BCUT2D eigenvalue weighted by Gasteiger charge is -2.10. The van der Waals surface area contributed by atoms with Gasteiger partial charge in [0.2, 0.25) is 0 Å². The summed E-state index contributed by atoms with van der Waals surface area (Å²) in [6.45, 7) is 5.26. The zero-order valence-electron chi connectivity index (χ0n) is 9.24. The fraction of sp³-hybridized carbons (Fsp3) is 0.600. The number of hydrogen-bond acceptors (Lipinski definition) is 3. The molecule has 0 aliphatic rings. The van der Waals surface area contributed by atoms with Gasteiger partial charge in [0.25, 0.3) is 0 Å². The molecule has 0 fully saturated rings. The minimum absolute atomic E-state index is 0.0820. The second-order valence-electron chi connectivity index (χ2n) is 3.73. The standard InChI is InChI=1S/C10H17N3O/c1-8-10(9(2)14)7-11-13(8)6-5-12(3)4/h7H,5-6H2,1-4H3. The van der Waals surface area contributed by atoms with Gasteiger partial charge in [-0.3, -0.25) is 9.48 Å². The highest BCUT2D eigenvalue weighted by molar-refractivity contribution is 5.94. The molecule has 0 amide bonds. The Morgan fingerprint density at radius 3 is 2.64 bits per heavy atom. The Morgan fingerprint density at radius 2 is 2.21 bits per heavy atom. The van der Waals surface area contributed by atoms with Crippen LogP contribution in [0.5, 0.6) is 0 Å². The van der Waals surface area contributed by atoms with Crippen molar-refractivity contribution in [2.24, 2.45) is 0 Å². The van der Waals surface area contributed by atoms with Crippen molar-refractivity contribution in [1.29, 1.82) is 0 Å². The Labute approximate surface area is 84.5 Å². The molecule has 4 nitrogen and oxygen atoms in total. The average Bonchev–Trinajstić information content (AvgIpc) is 2.43. The topological polar surface area (TPSA) is 38.1 Å². The van der Waals surface area contributed by atoms with Crippen molar-refractivity contribution in [3.05, 3.63) is 17.5 Å². The van der Waals surface area contributed by atoms with E-state index in [1.807, 2.05) is 25.7 Å². The third-order valence-corrected chi connectivity index (χ3v) is 2.24. The molecule has 14 heavy (non-hydrogen) atoms. The number of carbonyl (C=O) groups excluding carboxylic acids is 1. The highest BCUT2D eigenvalue weighted by Crippen LogP contribution is 2.07. The van der Waals surface area contributed by atoms with Crippen LogP contribution < -0.4 is 0 Å². The summed E-state index contributed by atoms with van der Waals surface area (Å²) in [5.74, 6) is 0.0820. The zero-order valence-corrected chi connectivity index (χ0v) is 9.24. The summed E-state index contributed by atoms with van der Waals surface area (Å²) >= 11 is 0. The van der Waals surface area contributed by atoms with Gasteiger partial charge in [0.1, 0.15) is 0 Å². The Morgan fingerprint density at radius 1 is 1.57 bits per heavy atom. The molecule has 0 spiro atoms. The molecule has 0 aromatic carbocycles. The van der Waals surface area contributed by atoms with Crippen molar-refractivity contribution in [3.63, 3.8) is 0 Å². The van der Waals surface area contributed by atoms with E-state index in [-0.39, 0.29) is 5.78 Å². The molecule has 0 saturated heterocycles. The van der Waals surface area contributed by atoms with E-state index in [1.165, 1.54) is 0 Å². The largest absolute Gasteiger partial charge is 0.308 e. The summed E-state index contributed by atoms with van der Waals surface area (Å²) < 4.78 is 1.87. The van der Waals surface area contributed by atoms with Crippen LogP contribution in [0.15, 0.2) is 6.20 Å². The molecule has 1 aromatic rings. The zero-order chi connectivity index (χ0) is 10.7. The van der Waals surface area contributed by atoms with Crippen molar-refractivity contribution in [2.75, 3.05) is 20.6 Å². The van der Waals surface area contributed by atoms with Crippen LogP contribution in [0.1, 0.15) is 23.0 Å². The number of nitrogens with zero attached hydrogens (tertiary/aromatic N) is 3. The van der Waals surface area contributed by atoms with E-state index < -0.39 is 0 Å². The van der Waals surface area contributed by atoms with Crippen molar-refractivity contribution in [2.45, 2.75) is 20.4 Å². The fourth-order valence-corrected chi connectivity index (χ4v) is 1.31. The Balaban J connectivity index is 2.74. The first-order valence-electron chi connectivity index (χ1n) is 4.70. The number of likely N-dealkylation sites (N-methyl/N-ethyl adjacent to an activating group) is 1. The first-order chi connectivity index (χ1) is 6.52. The predicted octanol–water partition coefficient (Wildman–Crippen LogP) is 0.956. The molecule has 0 bridgehead atoms. The van der Waals surface area contributed by atoms with Gasteiger partial charge in [-0.15, -0.1) is 0 Å². The normalized spacial score (nSPS) is 10.9. The maximum Gasteiger partial charge on any atom is 0.163 e. The quantitative estimate of drug-likeness (QED) is 0.671. The number of rotatable bonds is 4. The van der Waals surface area contributed by atoms with Gasteiger partial charge in [-0.1, -0.05) is 0 Å². The molecule has 0 N–H and O–H groups in total. The number of Topliss-reactive ketones (excluding diaryl/α,β-unsaturated/α-hetero) is 1. The molecule has 0 atom stereocenters. The number of aromatic nitrogens is 2. The van der Waals surface area contributed by atoms with Gasteiger partial charge in [-0.05, 0) is 27.9 Å². The summed E-state index contributed by atoms with van der Waals surface area (Å²) in [6.07, 6.45) is 1.65. The lowest BCUT2D eigenvalue weighted by Crippen LogP contribution is -2.19. The molecule has 1 rings (SSSR count). The second kappa shape index (κ2) is 4.37. The Bertz CT molecular complexity index is 328. The molecular weight excluding hydrogens is 178 g/mol. The lowest BCUT2D eigenvalue weighted by atomic mass is 10.2. The van der Waals surface area contributed by atoms with Gasteiger partial charge in [-0.2, -0.15) is 5.10 Å². The minimum atomic E-state index is 0.0820. The first kappa shape index (κ1) is 10.9. The van der Waals surface area contributed by atoms with Crippen LogP contribution in [-0.2, 0) is 6.54 Å². The molecule has 0 aliphatic heterocycles. The van der Waals surface area contributed by atoms with E-state index in [2.05, 4.69) is 10.00 Å². The SMILES string of the molecule is CC(=O)c1cnn(CCN(C)C)c1C. The van der Waals surface area contributed by atoms with Crippen LogP contribution in [0, 0.1) is 6.92 Å². The Hall–Kier alpha value is -1.16. The monoisotopic (exact) mass is 195 g/mol. The summed E-state index contributed by atoms with van der Waals surface area (Å²) in [5, 5.41) is 4.18. The van der Waals surface area contributed by atoms with Crippen LogP contribution >= 0.6 is 0 Å². The summed E-state index contributed by atoms with van der Waals surface area (Å²) in [6, 6.07) is 0. The predicted molar refractivity (Wildman–Crippen MR) is 55.5 cm³/mol. The van der Waals surface area contributed by atoms with E-state index in [1.54, 1.807) is 13.1 Å². The van der Waals surface area contributed by atoms with Crippen LogP contribution in [0.25, 0.3) is 0 Å². The highest BCUT2D eigenvalue weighted by atomic mass is 16.1. The number of carbonyl (C=O) groups is 1. The van der Waals surface area contributed by atoms with E-state index in [0.717, 1.165) is 24.3 Å². The average molecular weight is 195 g/mol. The molecule has 4 heteroatoms. The van der Waals surface area contributed by atoms with Crippen molar-refractivity contribution in [1.82, 2.24) is 14.7 Å². The van der Waals surface area contributed by atoms with E-state index in [0.29, 0.717) is 0 Å². The smallest absolute Gasteiger partial charge is 0.163 e. The molecule has 78 valence electrons. The minimum Gasteiger partial charge on any atom is -0.308 e. The van der Waals surface area contributed by atoms with Crippen LogP contribution in [0.4, 0.5) is 0 Å². The van der Waals surface area contributed by atoms with Gasteiger partial charge < -0.3 is 4.90 Å². The third-order valence-electron chi connectivity index (χ3n) is 2.24. The van der Waals surface area contributed by atoms with Crippen LogP contribution in [0.2, 0.25) is 0 Å². The third kappa shape index (κ3) is 2.42. The molecule has 1 heterocycles. The molecule has 0 aliphatic carbocycles. The van der Waals surface area contributed by atoms with Gasteiger partial charge in [0.15, 0.2) is 5.78 Å².